The van der Waals surface area contributed by atoms with Crippen molar-refractivity contribution >= 4 is 34.4 Å². The van der Waals surface area contributed by atoms with Crippen molar-refractivity contribution in [1.82, 2.24) is 19.7 Å². The molecule has 2 aromatic heterocycles. The van der Waals surface area contributed by atoms with Crippen LogP contribution < -0.4 is 10.9 Å². The third-order valence-electron chi connectivity index (χ3n) is 3.80. The maximum absolute atomic E-state index is 12.2. The number of hydrogen-bond acceptors (Lipinski definition) is 6. The summed E-state index contributed by atoms with van der Waals surface area (Å²) in [5.74, 6) is -0.0778. The smallest absolute Gasteiger partial charge is 0.262 e. The van der Waals surface area contributed by atoms with E-state index in [-0.39, 0.29) is 30.4 Å². The number of anilines is 1. The van der Waals surface area contributed by atoms with E-state index >= 15 is 0 Å². The van der Waals surface area contributed by atoms with Crippen molar-refractivity contribution < 1.29 is 9.90 Å². The van der Waals surface area contributed by atoms with E-state index in [1.54, 1.807) is 0 Å². The highest BCUT2D eigenvalue weighted by atomic mass is 32.2. The number of thioether (sulfide) groups is 1. The molecule has 0 saturated heterocycles. The van der Waals surface area contributed by atoms with E-state index in [0.29, 0.717) is 16.2 Å². The van der Waals surface area contributed by atoms with Gasteiger partial charge in [0.15, 0.2) is 10.8 Å². The molecule has 0 bridgehead atoms. The zero-order chi connectivity index (χ0) is 18.7. The molecule has 0 aliphatic rings. The number of carbonyl (C=O) groups excluding carboxylic acids is 1. The summed E-state index contributed by atoms with van der Waals surface area (Å²) in [6, 6.07) is 5.85. The number of nitrogens with one attached hydrogen (secondary N) is 2. The summed E-state index contributed by atoms with van der Waals surface area (Å²) in [6.45, 7) is 4.03. The molecular formula is C17H19N5O3S. The molecule has 0 aliphatic heterocycles. The third kappa shape index (κ3) is 3.94. The van der Waals surface area contributed by atoms with Crippen LogP contribution in [-0.2, 0) is 11.3 Å². The van der Waals surface area contributed by atoms with E-state index in [1.165, 1.54) is 10.9 Å². The molecular weight excluding hydrogens is 354 g/mol. The lowest BCUT2D eigenvalue weighted by Crippen LogP contribution is -2.16. The van der Waals surface area contributed by atoms with Gasteiger partial charge < -0.3 is 15.4 Å². The van der Waals surface area contributed by atoms with Crippen LogP contribution in [0.2, 0.25) is 0 Å². The van der Waals surface area contributed by atoms with Gasteiger partial charge in [-0.15, -0.1) is 0 Å². The monoisotopic (exact) mass is 373 g/mol. The van der Waals surface area contributed by atoms with Crippen LogP contribution in [0.15, 0.2) is 34.3 Å². The van der Waals surface area contributed by atoms with Crippen molar-refractivity contribution in [2.75, 3.05) is 17.7 Å². The van der Waals surface area contributed by atoms with Gasteiger partial charge in [0.1, 0.15) is 5.39 Å². The maximum Gasteiger partial charge on any atom is 0.262 e. The number of aliphatic hydroxyl groups is 1. The summed E-state index contributed by atoms with van der Waals surface area (Å²) in [5.41, 5.74) is 2.88. The molecule has 1 amide bonds. The minimum atomic E-state index is -0.323. The molecule has 0 fully saturated rings. The van der Waals surface area contributed by atoms with Crippen LogP contribution in [0.5, 0.6) is 0 Å². The Labute approximate surface area is 153 Å². The molecule has 3 rings (SSSR count). The predicted octanol–water partition coefficient (Wildman–Crippen LogP) is 1.46. The molecule has 0 aliphatic carbocycles. The van der Waals surface area contributed by atoms with Gasteiger partial charge in [-0.25, -0.2) is 9.67 Å². The fraction of sp³-hybridized carbons (Fsp3) is 0.294. The van der Waals surface area contributed by atoms with Gasteiger partial charge in [0.25, 0.3) is 5.56 Å². The average Bonchev–Trinajstić information content (AvgIpc) is 3.00. The van der Waals surface area contributed by atoms with Crippen LogP contribution in [-0.4, -0.2) is 43.1 Å². The normalized spacial score (nSPS) is 11.0. The Balaban J connectivity index is 1.72. The Hall–Kier alpha value is -2.65. The largest absolute Gasteiger partial charge is 0.394 e. The number of aromatic nitrogens is 4. The zero-order valence-electron chi connectivity index (χ0n) is 14.4. The zero-order valence-corrected chi connectivity index (χ0v) is 15.3. The first-order valence-electron chi connectivity index (χ1n) is 8.04. The molecule has 2 heterocycles. The second-order valence-electron chi connectivity index (χ2n) is 5.85. The van der Waals surface area contributed by atoms with Gasteiger partial charge in [-0.05, 0) is 31.0 Å². The predicted molar refractivity (Wildman–Crippen MR) is 101 cm³/mol. The molecule has 1 aromatic carbocycles. The number of fused-ring (bicyclic) bond motifs is 1. The number of amides is 1. The number of H-pyrrole nitrogens is 1. The van der Waals surface area contributed by atoms with E-state index in [0.717, 1.165) is 28.6 Å². The van der Waals surface area contributed by atoms with Crippen LogP contribution in [0.1, 0.15) is 11.1 Å². The molecule has 0 unspecified atom stereocenters. The van der Waals surface area contributed by atoms with Crippen molar-refractivity contribution in [1.29, 1.82) is 0 Å². The Morgan fingerprint density at radius 3 is 2.96 bits per heavy atom. The van der Waals surface area contributed by atoms with Crippen molar-refractivity contribution in [2.45, 2.75) is 25.5 Å². The quantitative estimate of drug-likeness (QED) is 0.445. The Kier molecular flexibility index (Phi) is 5.38. The standard InChI is InChI=1S/C17H19N5O3S/c1-10-3-4-11(2)13(7-10)19-14(24)9-26-17-20-15-12(16(25)21-17)8-18-22(15)5-6-23/h3-4,7-8,23H,5-6,9H2,1-2H3,(H,19,24)(H,20,21,25). The van der Waals surface area contributed by atoms with Gasteiger partial charge in [-0.3, -0.25) is 9.59 Å². The molecule has 0 spiro atoms. The number of carbonyl (C=O) groups is 1. The summed E-state index contributed by atoms with van der Waals surface area (Å²) < 4.78 is 1.46. The molecule has 9 heteroatoms. The van der Waals surface area contributed by atoms with Crippen molar-refractivity contribution in [3.63, 3.8) is 0 Å². The molecule has 0 atom stereocenters. The minimum Gasteiger partial charge on any atom is -0.394 e. The highest BCUT2D eigenvalue weighted by molar-refractivity contribution is 7.99. The number of hydrogen-bond donors (Lipinski definition) is 3. The van der Waals surface area contributed by atoms with E-state index in [2.05, 4.69) is 20.4 Å². The van der Waals surface area contributed by atoms with Gasteiger partial charge in [0.2, 0.25) is 5.91 Å². The average molecular weight is 373 g/mol. The Bertz CT molecular complexity index is 1010. The molecule has 8 nitrogen and oxygen atoms in total. The lowest BCUT2D eigenvalue weighted by Gasteiger charge is -2.09. The first-order valence-corrected chi connectivity index (χ1v) is 9.03. The van der Waals surface area contributed by atoms with Crippen LogP contribution in [0.25, 0.3) is 11.0 Å². The highest BCUT2D eigenvalue weighted by Gasteiger charge is 2.12. The molecule has 26 heavy (non-hydrogen) atoms. The topological polar surface area (TPSA) is 113 Å². The lowest BCUT2D eigenvalue weighted by molar-refractivity contribution is -0.113. The van der Waals surface area contributed by atoms with Crippen molar-refractivity contribution in [3.05, 3.63) is 45.9 Å². The number of benzene rings is 1. The fourth-order valence-corrected chi connectivity index (χ4v) is 3.12. The third-order valence-corrected chi connectivity index (χ3v) is 4.68. The van der Waals surface area contributed by atoms with E-state index in [4.69, 9.17) is 5.11 Å². The summed E-state index contributed by atoms with van der Waals surface area (Å²) in [6.07, 6.45) is 1.42. The first-order chi connectivity index (χ1) is 12.5. The summed E-state index contributed by atoms with van der Waals surface area (Å²) in [5, 5.41) is 16.7. The van der Waals surface area contributed by atoms with Crippen molar-refractivity contribution in [3.8, 4) is 0 Å². The molecule has 3 aromatic rings. The van der Waals surface area contributed by atoms with E-state index in [9.17, 15) is 9.59 Å². The number of aryl methyl sites for hydroxylation is 2. The molecule has 136 valence electrons. The Morgan fingerprint density at radius 1 is 1.38 bits per heavy atom. The first kappa shape index (κ1) is 18.2. The minimum absolute atomic E-state index is 0.105. The van der Waals surface area contributed by atoms with E-state index in [1.807, 2.05) is 32.0 Å². The summed E-state index contributed by atoms with van der Waals surface area (Å²) >= 11 is 1.13. The fourth-order valence-electron chi connectivity index (χ4n) is 2.46. The van der Waals surface area contributed by atoms with Gasteiger partial charge in [0, 0.05) is 5.69 Å². The van der Waals surface area contributed by atoms with Gasteiger partial charge >= 0.3 is 0 Å². The Morgan fingerprint density at radius 2 is 2.19 bits per heavy atom. The van der Waals surface area contributed by atoms with Crippen LogP contribution in [0, 0.1) is 13.8 Å². The van der Waals surface area contributed by atoms with Crippen LogP contribution in [0.4, 0.5) is 5.69 Å². The molecule has 0 saturated carbocycles. The molecule has 3 N–H and O–H groups in total. The van der Waals surface area contributed by atoms with Gasteiger partial charge in [-0.2, -0.15) is 5.10 Å². The van der Waals surface area contributed by atoms with Gasteiger partial charge in [-0.1, -0.05) is 23.9 Å². The second-order valence-corrected chi connectivity index (χ2v) is 6.82. The van der Waals surface area contributed by atoms with Crippen LogP contribution in [0.3, 0.4) is 0 Å². The maximum atomic E-state index is 12.2. The number of aliphatic hydroxyl groups excluding tert-OH is 1. The lowest BCUT2D eigenvalue weighted by atomic mass is 10.1. The summed E-state index contributed by atoms with van der Waals surface area (Å²) in [4.78, 5) is 31.3. The second kappa shape index (κ2) is 7.71. The van der Waals surface area contributed by atoms with Crippen LogP contribution >= 0.6 is 11.8 Å². The molecule has 0 radical (unpaired) electrons. The van der Waals surface area contributed by atoms with E-state index < -0.39 is 0 Å². The van der Waals surface area contributed by atoms with Gasteiger partial charge in [0.05, 0.1) is 25.1 Å². The number of rotatable bonds is 6. The summed E-state index contributed by atoms with van der Waals surface area (Å²) in [7, 11) is 0. The highest BCUT2D eigenvalue weighted by Crippen LogP contribution is 2.18. The number of nitrogens with zero attached hydrogens (tertiary/aromatic N) is 3. The SMILES string of the molecule is Cc1ccc(C)c(NC(=O)CSc2nc3c(cnn3CCO)c(=O)[nH]2)c1. The number of aromatic amines is 1. The van der Waals surface area contributed by atoms with Crippen molar-refractivity contribution in [2.24, 2.45) is 0 Å².